The predicted molar refractivity (Wildman–Crippen MR) is 106 cm³/mol. The second kappa shape index (κ2) is 8.07. The van der Waals surface area contributed by atoms with E-state index in [0.29, 0.717) is 22.5 Å². The van der Waals surface area contributed by atoms with Crippen molar-refractivity contribution in [3.8, 4) is 16.3 Å². The van der Waals surface area contributed by atoms with Gasteiger partial charge in [-0.1, -0.05) is 11.8 Å². The smallest absolute Gasteiger partial charge is 0.210 e. The number of nitrogen functional groups attached to an aromatic ring is 1. The van der Waals surface area contributed by atoms with Gasteiger partial charge in [0.15, 0.2) is 5.82 Å². The number of nitrogens with zero attached hydrogens (tertiary/aromatic N) is 4. The number of benzene rings is 1. The zero-order valence-electron chi connectivity index (χ0n) is 13.9. The molecule has 0 amide bonds. The fourth-order valence-electron chi connectivity index (χ4n) is 2.21. The summed E-state index contributed by atoms with van der Waals surface area (Å²) >= 11 is 4.74. The number of thioether (sulfide) groups is 1. The van der Waals surface area contributed by atoms with E-state index in [1.54, 1.807) is 34.8 Å². The van der Waals surface area contributed by atoms with Crippen LogP contribution in [0.25, 0.3) is 10.6 Å². The Morgan fingerprint density at radius 2 is 2.00 bits per heavy atom. The van der Waals surface area contributed by atoms with Gasteiger partial charge < -0.3 is 10.6 Å². The average Bonchev–Trinajstić information content (AvgIpc) is 3.41. The van der Waals surface area contributed by atoms with Crippen molar-refractivity contribution >= 4 is 34.4 Å². The molecule has 4 aromatic rings. The highest BCUT2D eigenvalue weighted by molar-refractivity contribution is 7.98. The van der Waals surface area contributed by atoms with Crippen LogP contribution in [0.3, 0.4) is 0 Å². The van der Waals surface area contributed by atoms with Crippen molar-refractivity contribution in [2.24, 2.45) is 0 Å². The molecule has 0 fully saturated rings. The highest BCUT2D eigenvalue weighted by Gasteiger charge is 2.12. The van der Waals surface area contributed by atoms with Crippen molar-refractivity contribution in [2.75, 3.05) is 5.84 Å². The monoisotopic (exact) mass is 419 g/mol. The maximum Gasteiger partial charge on any atom is 0.210 e. The minimum atomic E-state index is -0.313. The van der Waals surface area contributed by atoms with E-state index in [2.05, 4.69) is 26.6 Å². The Bertz CT molecular complexity index is 1010. The number of hydrogen-bond acceptors (Lipinski definition) is 8. The molecule has 10 heteroatoms. The van der Waals surface area contributed by atoms with E-state index >= 15 is 0 Å². The number of aromatic nitrogens is 4. The van der Waals surface area contributed by atoms with Crippen LogP contribution in [0.4, 0.5) is 4.39 Å². The molecule has 138 valence electrons. The summed E-state index contributed by atoms with van der Waals surface area (Å²) in [6.07, 6.45) is 0. The molecule has 0 spiro atoms. The zero-order valence-corrected chi connectivity index (χ0v) is 16.4. The fraction of sp³-hybridized carbons (Fsp3) is 0.118. The zero-order chi connectivity index (χ0) is 18.6. The molecule has 0 saturated heterocycles. The summed E-state index contributed by atoms with van der Waals surface area (Å²) < 4.78 is 19.9. The van der Waals surface area contributed by atoms with Crippen LogP contribution in [0, 0.1) is 5.82 Å². The van der Waals surface area contributed by atoms with Gasteiger partial charge in [-0.15, -0.1) is 21.5 Å². The Labute approximate surface area is 166 Å². The first-order valence-corrected chi connectivity index (χ1v) is 10.7. The molecule has 2 N–H and O–H groups in total. The van der Waals surface area contributed by atoms with Gasteiger partial charge in [0.05, 0.1) is 5.69 Å². The van der Waals surface area contributed by atoms with Gasteiger partial charge in [0, 0.05) is 22.1 Å². The summed E-state index contributed by atoms with van der Waals surface area (Å²) in [5.74, 6) is 7.41. The van der Waals surface area contributed by atoms with Crippen molar-refractivity contribution in [3.63, 3.8) is 0 Å². The van der Waals surface area contributed by atoms with E-state index in [1.165, 1.54) is 28.6 Å². The third-order valence-electron chi connectivity index (χ3n) is 3.59. The van der Waals surface area contributed by atoms with E-state index in [9.17, 15) is 4.39 Å². The van der Waals surface area contributed by atoms with Gasteiger partial charge in [0.2, 0.25) is 5.16 Å². The molecule has 3 heterocycles. The molecular weight excluding hydrogens is 405 g/mol. The van der Waals surface area contributed by atoms with Crippen LogP contribution in [0.5, 0.6) is 5.75 Å². The largest absolute Gasteiger partial charge is 0.486 e. The summed E-state index contributed by atoms with van der Waals surface area (Å²) in [4.78, 5) is 4.64. The van der Waals surface area contributed by atoms with E-state index in [1.807, 2.05) is 10.8 Å². The van der Waals surface area contributed by atoms with Crippen LogP contribution in [0.2, 0.25) is 0 Å². The van der Waals surface area contributed by atoms with Crippen LogP contribution in [0.15, 0.2) is 51.6 Å². The van der Waals surface area contributed by atoms with Gasteiger partial charge in [0.25, 0.3) is 0 Å². The van der Waals surface area contributed by atoms with Crippen molar-refractivity contribution in [3.05, 3.63) is 63.8 Å². The fourth-order valence-corrected chi connectivity index (χ4v) is 4.62. The number of ether oxygens (including phenoxy) is 1. The van der Waals surface area contributed by atoms with Crippen LogP contribution in [-0.2, 0) is 12.4 Å². The Morgan fingerprint density at radius 3 is 2.78 bits per heavy atom. The van der Waals surface area contributed by atoms with Gasteiger partial charge >= 0.3 is 0 Å². The van der Waals surface area contributed by atoms with E-state index in [-0.39, 0.29) is 12.4 Å². The summed E-state index contributed by atoms with van der Waals surface area (Å²) in [5, 5.41) is 15.9. The molecule has 0 saturated carbocycles. The van der Waals surface area contributed by atoms with Crippen LogP contribution in [-0.4, -0.2) is 19.9 Å². The Morgan fingerprint density at radius 1 is 1.15 bits per heavy atom. The molecule has 0 aliphatic rings. The number of halogens is 1. The molecule has 0 atom stereocenters. The molecule has 0 aliphatic heterocycles. The Hall–Kier alpha value is -2.43. The molecule has 0 bridgehead atoms. The summed E-state index contributed by atoms with van der Waals surface area (Å²) in [6.45, 7) is 0.148. The summed E-state index contributed by atoms with van der Waals surface area (Å²) in [7, 11) is 0. The predicted octanol–water partition coefficient (Wildman–Crippen LogP) is 4.19. The molecule has 3 aromatic heterocycles. The number of nitrogens with two attached hydrogens (primary N) is 1. The lowest BCUT2D eigenvalue weighted by molar-refractivity contribution is 0.291. The molecule has 1 aromatic carbocycles. The van der Waals surface area contributed by atoms with Crippen molar-refractivity contribution in [1.82, 2.24) is 19.9 Å². The number of hydrogen-bond donors (Lipinski definition) is 1. The maximum absolute atomic E-state index is 12.9. The van der Waals surface area contributed by atoms with E-state index in [4.69, 9.17) is 10.6 Å². The third kappa shape index (κ3) is 4.29. The van der Waals surface area contributed by atoms with Crippen molar-refractivity contribution in [2.45, 2.75) is 17.5 Å². The van der Waals surface area contributed by atoms with Crippen LogP contribution >= 0.6 is 34.4 Å². The molecule has 0 aliphatic carbocycles. The van der Waals surface area contributed by atoms with Crippen LogP contribution in [0.1, 0.15) is 11.5 Å². The van der Waals surface area contributed by atoms with Gasteiger partial charge in [-0.3, -0.25) is 0 Å². The van der Waals surface area contributed by atoms with Crippen LogP contribution < -0.4 is 10.6 Å². The molecule has 4 rings (SSSR count). The standard InChI is InChI=1S/C17H14FN5OS3/c18-12-1-3-14(4-2-12)24-7-15-21-22-17(23(15)19)27-10-13-9-26-16(20-13)11-5-6-25-8-11/h1-6,8-9H,7,10,19H2. The molecule has 6 nitrogen and oxygen atoms in total. The second-order valence-corrected chi connectivity index (χ2v) is 8.04. The minimum Gasteiger partial charge on any atom is -0.486 e. The summed E-state index contributed by atoms with van der Waals surface area (Å²) in [5.41, 5.74) is 2.11. The molecule has 27 heavy (non-hydrogen) atoms. The van der Waals surface area contributed by atoms with Gasteiger partial charge in [-0.05, 0) is 35.7 Å². The maximum atomic E-state index is 12.9. The molecule has 0 unspecified atom stereocenters. The lowest BCUT2D eigenvalue weighted by Crippen LogP contribution is -2.15. The lowest BCUT2D eigenvalue weighted by atomic mass is 10.3. The normalized spacial score (nSPS) is 11.0. The number of thiazole rings is 1. The average molecular weight is 420 g/mol. The minimum absolute atomic E-state index is 0.148. The number of thiophene rings is 1. The van der Waals surface area contributed by atoms with Gasteiger partial charge in [0.1, 0.15) is 23.2 Å². The lowest BCUT2D eigenvalue weighted by Gasteiger charge is -2.06. The Balaban J connectivity index is 1.35. The van der Waals surface area contributed by atoms with Gasteiger partial charge in [-0.2, -0.15) is 11.3 Å². The second-order valence-electron chi connectivity index (χ2n) is 5.46. The third-order valence-corrected chi connectivity index (χ3v) is 6.19. The van der Waals surface area contributed by atoms with Crippen molar-refractivity contribution < 1.29 is 9.13 Å². The van der Waals surface area contributed by atoms with E-state index in [0.717, 1.165) is 16.3 Å². The first-order valence-electron chi connectivity index (χ1n) is 7.86. The van der Waals surface area contributed by atoms with Gasteiger partial charge in [-0.25, -0.2) is 14.1 Å². The summed E-state index contributed by atoms with van der Waals surface area (Å²) in [6, 6.07) is 7.83. The molecular formula is C17H14FN5OS3. The highest BCUT2D eigenvalue weighted by atomic mass is 32.2. The first kappa shape index (κ1) is 18.0. The first-order chi connectivity index (χ1) is 13.2. The topological polar surface area (TPSA) is 78.9 Å². The molecule has 0 radical (unpaired) electrons. The Kier molecular flexibility index (Phi) is 5.37. The quantitative estimate of drug-likeness (QED) is 0.357. The highest BCUT2D eigenvalue weighted by Crippen LogP contribution is 2.28. The number of rotatable bonds is 7. The van der Waals surface area contributed by atoms with E-state index < -0.39 is 0 Å². The SMILES string of the molecule is Nn1c(COc2ccc(F)cc2)nnc1SCc1csc(-c2ccsc2)n1. The van der Waals surface area contributed by atoms with Crippen molar-refractivity contribution in [1.29, 1.82) is 0 Å².